The van der Waals surface area contributed by atoms with Gasteiger partial charge in [-0.25, -0.2) is 4.79 Å². The summed E-state index contributed by atoms with van der Waals surface area (Å²) in [4.78, 5) is 27.6. The lowest BCUT2D eigenvalue weighted by Crippen LogP contribution is -2.40. The molecule has 142 valence electrons. The smallest absolute Gasteiger partial charge is 0.349 e. The minimum atomic E-state index is -0.594. The molecule has 0 N–H and O–H groups in total. The second kappa shape index (κ2) is 7.06. The highest BCUT2D eigenvalue weighted by molar-refractivity contribution is 5.96. The van der Waals surface area contributed by atoms with Crippen molar-refractivity contribution in [1.82, 2.24) is 4.90 Å². The van der Waals surface area contributed by atoms with Crippen molar-refractivity contribution in [2.45, 2.75) is 12.5 Å². The molecule has 5 rings (SSSR count). The van der Waals surface area contributed by atoms with Crippen LogP contribution in [0.1, 0.15) is 33.0 Å². The van der Waals surface area contributed by atoms with Gasteiger partial charge in [0.1, 0.15) is 11.1 Å². The third-order valence-corrected chi connectivity index (χ3v) is 5.56. The SMILES string of the molecule is O=C(c1cc2ccccc2oc1=O)N1Cc2ccccc2[C@H](c2ccccc2)C1. The van der Waals surface area contributed by atoms with E-state index in [-0.39, 0.29) is 17.4 Å². The van der Waals surface area contributed by atoms with E-state index >= 15 is 0 Å². The van der Waals surface area contributed by atoms with E-state index in [1.165, 1.54) is 5.56 Å². The highest BCUT2D eigenvalue weighted by Gasteiger charge is 2.30. The number of nitrogens with zero attached hydrogens (tertiary/aromatic N) is 1. The third-order valence-electron chi connectivity index (χ3n) is 5.56. The molecular formula is C25H19NO3. The van der Waals surface area contributed by atoms with Crippen molar-refractivity contribution in [2.24, 2.45) is 0 Å². The molecule has 0 spiro atoms. The lowest BCUT2D eigenvalue weighted by Gasteiger charge is -2.35. The molecule has 4 aromatic rings. The van der Waals surface area contributed by atoms with Crippen molar-refractivity contribution in [2.75, 3.05) is 6.54 Å². The number of hydrogen-bond donors (Lipinski definition) is 0. The van der Waals surface area contributed by atoms with Crippen LogP contribution in [0.2, 0.25) is 0 Å². The van der Waals surface area contributed by atoms with Gasteiger partial charge in [-0.3, -0.25) is 4.79 Å². The summed E-state index contributed by atoms with van der Waals surface area (Å²) in [6, 6.07) is 27.2. The topological polar surface area (TPSA) is 50.5 Å². The van der Waals surface area contributed by atoms with Crippen LogP contribution in [0.3, 0.4) is 0 Å². The fraction of sp³-hybridized carbons (Fsp3) is 0.120. The number of rotatable bonds is 2. The third kappa shape index (κ3) is 3.13. The van der Waals surface area contributed by atoms with Gasteiger partial charge in [0.05, 0.1) is 0 Å². The fourth-order valence-electron chi connectivity index (χ4n) is 4.11. The van der Waals surface area contributed by atoms with Crippen LogP contribution in [0, 0.1) is 0 Å². The van der Waals surface area contributed by atoms with Gasteiger partial charge in [0.2, 0.25) is 0 Å². The largest absolute Gasteiger partial charge is 0.422 e. The van der Waals surface area contributed by atoms with Gasteiger partial charge in [-0.15, -0.1) is 0 Å². The van der Waals surface area contributed by atoms with Gasteiger partial charge >= 0.3 is 5.63 Å². The molecule has 0 saturated heterocycles. The van der Waals surface area contributed by atoms with Gasteiger partial charge in [-0.2, -0.15) is 0 Å². The van der Waals surface area contributed by atoms with Crippen molar-refractivity contribution in [3.8, 4) is 0 Å². The molecule has 3 aromatic carbocycles. The Kier molecular flexibility index (Phi) is 4.24. The molecule has 0 aliphatic carbocycles. The van der Waals surface area contributed by atoms with E-state index in [2.05, 4.69) is 18.2 Å². The van der Waals surface area contributed by atoms with Gasteiger partial charge in [-0.1, -0.05) is 72.8 Å². The first-order valence-corrected chi connectivity index (χ1v) is 9.65. The zero-order valence-corrected chi connectivity index (χ0v) is 15.7. The van der Waals surface area contributed by atoms with Crippen LogP contribution in [0.5, 0.6) is 0 Å². The Morgan fingerprint density at radius 3 is 2.48 bits per heavy atom. The van der Waals surface area contributed by atoms with E-state index in [1.807, 2.05) is 48.5 Å². The molecule has 0 radical (unpaired) electrons. The first-order chi connectivity index (χ1) is 14.2. The second-order valence-electron chi connectivity index (χ2n) is 7.33. The minimum Gasteiger partial charge on any atom is -0.422 e. The summed E-state index contributed by atoms with van der Waals surface area (Å²) in [7, 11) is 0. The highest BCUT2D eigenvalue weighted by Crippen LogP contribution is 2.34. The van der Waals surface area contributed by atoms with Gasteiger partial charge in [0.25, 0.3) is 5.91 Å². The highest BCUT2D eigenvalue weighted by atomic mass is 16.4. The normalized spacial score (nSPS) is 15.9. The summed E-state index contributed by atoms with van der Waals surface area (Å²) in [6.45, 7) is 0.997. The molecule has 1 aromatic heterocycles. The predicted molar refractivity (Wildman–Crippen MR) is 112 cm³/mol. The standard InChI is InChI=1S/C25H19NO3/c27-24(21-14-18-10-5-7-13-23(18)29-25(21)28)26-15-19-11-4-6-12-20(19)22(16-26)17-8-2-1-3-9-17/h1-14,22H,15-16H2/t22-/m0/s1. The number of para-hydroxylation sites is 1. The fourth-order valence-corrected chi connectivity index (χ4v) is 4.11. The van der Waals surface area contributed by atoms with Crippen LogP contribution in [0.4, 0.5) is 0 Å². The lowest BCUT2D eigenvalue weighted by atomic mass is 9.84. The van der Waals surface area contributed by atoms with Crippen molar-refractivity contribution in [1.29, 1.82) is 0 Å². The number of carbonyl (C=O) groups is 1. The van der Waals surface area contributed by atoms with Gasteiger partial charge in [-0.05, 0) is 28.8 Å². The lowest BCUT2D eigenvalue weighted by molar-refractivity contribution is 0.0721. The summed E-state index contributed by atoms with van der Waals surface area (Å²) in [6.07, 6.45) is 0. The van der Waals surface area contributed by atoms with Crippen molar-refractivity contribution in [3.63, 3.8) is 0 Å². The number of amides is 1. The van der Waals surface area contributed by atoms with Crippen molar-refractivity contribution >= 4 is 16.9 Å². The molecule has 4 heteroatoms. The number of benzene rings is 3. The molecule has 2 heterocycles. The molecule has 1 atom stereocenters. The molecule has 1 amide bonds. The summed E-state index contributed by atoms with van der Waals surface area (Å²) < 4.78 is 5.38. The molecule has 0 fully saturated rings. The van der Waals surface area contributed by atoms with E-state index in [0.29, 0.717) is 18.7 Å². The maximum Gasteiger partial charge on any atom is 0.349 e. The molecule has 0 unspecified atom stereocenters. The molecule has 0 saturated carbocycles. The van der Waals surface area contributed by atoms with E-state index in [0.717, 1.165) is 16.5 Å². The Morgan fingerprint density at radius 2 is 1.62 bits per heavy atom. The van der Waals surface area contributed by atoms with Crippen molar-refractivity contribution < 1.29 is 9.21 Å². The number of carbonyl (C=O) groups excluding carboxylic acids is 1. The van der Waals surface area contributed by atoms with Gasteiger partial charge in [0.15, 0.2) is 0 Å². The van der Waals surface area contributed by atoms with Crippen LogP contribution >= 0.6 is 0 Å². The average molecular weight is 381 g/mol. The molecular weight excluding hydrogens is 362 g/mol. The maximum absolute atomic E-state index is 13.3. The van der Waals surface area contributed by atoms with Crippen molar-refractivity contribution in [3.05, 3.63) is 118 Å². The van der Waals surface area contributed by atoms with Crippen LogP contribution in [0.25, 0.3) is 11.0 Å². The summed E-state index contributed by atoms with van der Waals surface area (Å²) in [5.41, 5.74) is 3.46. The Labute approximate surface area is 168 Å². The zero-order chi connectivity index (χ0) is 19.8. The maximum atomic E-state index is 13.3. The van der Waals surface area contributed by atoms with Crippen LogP contribution in [-0.4, -0.2) is 17.4 Å². The van der Waals surface area contributed by atoms with Crippen LogP contribution < -0.4 is 5.63 Å². The molecule has 1 aliphatic rings. The Balaban J connectivity index is 1.56. The quantitative estimate of drug-likeness (QED) is 0.478. The monoisotopic (exact) mass is 381 g/mol. The summed E-state index contributed by atoms with van der Waals surface area (Å²) in [5, 5.41) is 0.743. The summed E-state index contributed by atoms with van der Waals surface area (Å²) >= 11 is 0. The average Bonchev–Trinajstić information content (AvgIpc) is 2.78. The van der Waals surface area contributed by atoms with Crippen LogP contribution in [-0.2, 0) is 6.54 Å². The first kappa shape index (κ1) is 17.4. The predicted octanol–water partition coefficient (Wildman–Crippen LogP) is 4.58. The zero-order valence-electron chi connectivity index (χ0n) is 15.7. The van der Waals surface area contributed by atoms with E-state index in [4.69, 9.17) is 4.42 Å². The van der Waals surface area contributed by atoms with E-state index in [1.54, 1.807) is 23.1 Å². The minimum absolute atomic E-state index is 0.0672. The Bertz CT molecular complexity index is 1260. The van der Waals surface area contributed by atoms with Gasteiger partial charge in [0, 0.05) is 24.4 Å². The second-order valence-corrected chi connectivity index (χ2v) is 7.33. The Hall–Kier alpha value is -3.66. The molecule has 1 aliphatic heterocycles. The summed E-state index contributed by atoms with van der Waals surface area (Å²) in [5.74, 6) is -0.225. The van der Waals surface area contributed by atoms with Crippen LogP contribution in [0.15, 0.2) is 94.1 Å². The Morgan fingerprint density at radius 1 is 0.897 bits per heavy atom. The molecule has 29 heavy (non-hydrogen) atoms. The molecule has 0 bridgehead atoms. The first-order valence-electron chi connectivity index (χ1n) is 9.65. The van der Waals surface area contributed by atoms with Gasteiger partial charge < -0.3 is 9.32 Å². The number of hydrogen-bond acceptors (Lipinski definition) is 3. The van der Waals surface area contributed by atoms with E-state index in [9.17, 15) is 9.59 Å². The molecule has 4 nitrogen and oxygen atoms in total. The van der Waals surface area contributed by atoms with E-state index < -0.39 is 5.63 Å². The number of fused-ring (bicyclic) bond motifs is 2.